The smallest absolute Gasteiger partial charge is 0.329 e. The molecule has 1 atom stereocenters. The molecular formula is C23H23ClN6O5. The molecule has 4 rings (SSSR count). The number of benzene rings is 2. The van der Waals surface area contributed by atoms with Crippen molar-refractivity contribution >= 4 is 34.9 Å². The maximum atomic E-state index is 12.6. The van der Waals surface area contributed by atoms with Crippen molar-refractivity contribution in [1.82, 2.24) is 19.1 Å². The first-order valence-electron chi connectivity index (χ1n) is 10.5. The molecule has 0 amide bonds. The van der Waals surface area contributed by atoms with Gasteiger partial charge in [-0.3, -0.25) is 14.3 Å². The Bertz CT molecular complexity index is 1460. The Hall–Kier alpha value is -4.09. The van der Waals surface area contributed by atoms with Crippen LogP contribution in [0.2, 0.25) is 5.02 Å². The normalized spacial score (nSPS) is 12.2. The van der Waals surface area contributed by atoms with Gasteiger partial charge in [0.25, 0.3) is 5.56 Å². The molecule has 2 heterocycles. The monoisotopic (exact) mass is 498 g/mol. The van der Waals surface area contributed by atoms with E-state index in [1.54, 1.807) is 49.7 Å². The summed E-state index contributed by atoms with van der Waals surface area (Å²) in [6, 6.07) is 13.9. The molecular weight excluding hydrogens is 476 g/mol. The van der Waals surface area contributed by atoms with Gasteiger partial charge >= 0.3 is 5.69 Å². The van der Waals surface area contributed by atoms with E-state index in [0.717, 1.165) is 5.56 Å². The number of rotatable bonds is 9. The Morgan fingerprint density at radius 1 is 1.17 bits per heavy atom. The maximum Gasteiger partial charge on any atom is 0.329 e. The van der Waals surface area contributed by atoms with Crippen LogP contribution in [-0.4, -0.2) is 50.2 Å². The van der Waals surface area contributed by atoms with E-state index >= 15 is 0 Å². The van der Waals surface area contributed by atoms with Gasteiger partial charge in [-0.05, 0) is 54.1 Å². The number of hydrazone groups is 1. The summed E-state index contributed by atoms with van der Waals surface area (Å²) < 4.78 is 13.4. The van der Waals surface area contributed by atoms with E-state index in [2.05, 4.69) is 20.5 Å². The van der Waals surface area contributed by atoms with Gasteiger partial charge in [-0.25, -0.2) is 10.2 Å². The molecule has 0 aliphatic carbocycles. The fourth-order valence-electron chi connectivity index (χ4n) is 3.34. The molecule has 4 aromatic rings. The lowest BCUT2D eigenvalue weighted by Crippen LogP contribution is -2.30. The summed E-state index contributed by atoms with van der Waals surface area (Å²) >= 11 is 5.88. The number of ether oxygens (including phenoxy) is 2. The van der Waals surface area contributed by atoms with Gasteiger partial charge in [0.1, 0.15) is 24.2 Å². The van der Waals surface area contributed by atoms with E-state index in [9.17, 15) is 14.7 Å². The van der Waals surface area contributed by atoms with Crippen molar-refractivity contribution in [2.45, 2.75) is 12.6 Å². The second kappa shape index (κ2) is 10.5. The number of imidazole rings is 1. The Morgan fingerprint density at radius 2 is 1.86 bits per heavy atom. The number of H-pyrrole nitrogens is 1. The first-order valence-corrected chi connectivity index (χ1v) is 10.9. The number of nitrogens with one attached hydrogen (secondary N) is 2. The average molecular weight is 499 g/mol. The minimum absolute atomic E-state index is 0.0498. The predicted molar refractivity (Wildman–Crippen MR) is 133 cm³/mol. The number of nitrogens with zero attached hydrogens (tertiary/aromatic N) is 4. The predicted octanol–water partition coefficient (Wildman–Crippen LogP) is 1.97. The maximum absolute atomic E-state index is 12.6. The molecule has 0 saturated carbocycles. The van der Waals surface area contributed by atoms with Crippen LogP contribution in [-0.2, 0) is 13.6 Å². The number of anilines is 1. The summed E-state index contributed by atoms with van der Waals surface area (Å²) in [5.74, 6) is 1.42. The van der Waals surface area contributed by atoms with Crippen LogP contribution in [0.3, 0.4) is 0 Å². The van der Waals surface area contributed by atoms with E-state index in [4.69, 9.17) is 21.1 Å². The van der Waals surface area contributed by atoms with E-state index in [0.29, 0.717) is 16.5 Å². The average Bonchev–Trinajstić information content (AvgIpc) is 3.21. The molecule has 0 spiro atoms. The van der Waals surface area contributed by atoms with Crippen LogP contribution in [0.1, 0.15) is 5.56 Å². The first-order chi connectivity index (χ1) is 16.9. The molecule has 35 heavy (non-hydrogen) atoms. The summed E-state index contributed by atoms with van der Waals surface area (Å²) in [5, 5.41) is 15.4. The van der Waals surface area contributed by atoms with Crippen molar-refractivity contribution in [3.05, 3.63) is 80.0 Å². The van der Waals surface area contributed by atoms with E-state index in [1.807, 2.05) is 12.1 Å². The molecule has 2 aromatic carbocycles. The van der Waals surface area contributed by atoms with E-state index < -0.39 is 17.4 Å². The Balaban J connectivity index is 1.59. The molecule has 0 aliphatic heterocycles. The van der Waals surface area contributed by atoms with Gasteiger partial charge in [-0.1, -0.05) is 11.6 Å². The van der Waals surface area contributed by atoms with Gasteiger partial charge in [-0.15, -0.1) is 0 Å². The number of aliphatic hydroxyl groups is 1. The zero-order chi connectivity index (χ0) is 24.9. The van der Waals surface area contributed by atoms with Crippen molar-refractivity contribution in [1.29, 1.82) is 0 Å². The third kappa shape index (κ3) is 5.53. The number of aliphatic hydroxyl groups excluding tert-OH is 1. The van der Waals surface area contributed by atoms with Crippen molar-refractivity contribution in [2.75, 3.05) is 19.1 Å². The van der Waals surface area contributed by atoms with Crippen LogP contribution >= 0.6 is 11.6 Å². The summed E-state index contributed by atoms with van der Waals surface area (Å²) in [6.07, 6.45) is 0.553. The van der Waals surface area contributed by atoms with Crippen molar-refractivity contribution < 1.29 is 14.6 Å². The molecule has 0 bridgehead atoms. The zero-order valence-electron chi connectivity index (χ0n) is 18.9. The third-order valence-corrected chi connectivity index (χ3v) is 5.40. The number of halogens is 1. The molecule has 11 nitrogen and oxygen atoms in total. The number of aryl methyl sites for hydroxylation is 1. The van der Waals surface area contributed by atoms with Gasteiger partial charge in [0.05, 0.1) is 19.9 Å². The standard InChI is InChI=1S/C23H23ClN6O5/c1-29-20-19(21(32)27-23(29)33)30(12-16(31)13-35-18-9-5-15(24)6-10-18)22(26-20)28-25-11-14-3-7-17(34-2)8-4-14/h3-11,16,31H,12-13H2,1-2H3,(H,26,28)(H,27,32,33). The highest BCUT2D eigenvalue weighted by Gasteiger charge is 2.20. The molecule has 2 aromatic heterocycles. The van der Waals surface area contributed by atoms with Crippen LogP contribution in [0.4, 0.5) is 5.95 Å². The first kappa shape index (κ1) is 24.0. The molecule has 182 valence electrons. The minimum atomic E-state index is -1.01. The molecule has 3 N–H and O–H groups in total. The van der Waals surface area contributed by atoms with Crippen molar-refractivity contribution in [3.8, 4) is 11.5 Å². The topological polar surface area (TPSA) is 136 Å². The molecule has 0 saturated heterocycles. The van der Waals surface area contributed by atoms with E-state index in [-0.39, 0.29) is 30.3 Å². The number of hydrogen-bond acceptors (Lipinski definition) is 8. The van der Waals surface area contributed by atoms with Crippen LogP contribution in [0, 0.1) is 0 Å². The van der Waals surface area contributed by atoms with E-state index in [1.165, 1.54) is 16.2 Å². The minimum Gasteiger partial charge on any atom is -0.497 e. The summed E-state index contributed by atoms with van der Waals surface area (Å²) in [4.78, 5) is 31.3. The van der Waals surface area contributed by atoms with Crippen LogP contribution in [0.5, 0.6) is 11.5 Å². The second-order valence-electron chi connectivity index (χ2n) is 7.60. The Labute approximate surface area is 204 Å². The fourth-order valence-corrected chi connectivity index (χ4v) is 3.46. The third-order valence-electron chi connectivity index (χ3n) is 5.15. The SMILES string of the molecule is COc1ccc(C=NNc2nc3c(c(=O)[nH]c(=O)n3C)n2CC(O)COc2ccc(Cl)cc2)cc1. The van der Waals surface area contributed by atoms with Crippen molar-refractivity contribution in [3.63, 3.8) is 0 Å². The van der Waals surface area contributed by atoms with Crippen LogP contribution in [0.25, 0.3) is 11.2 Å². The lowest BCUT2D eigenvalue weighted by atomic mass is 10.2. The number of aromatic nitrogens is 4. The van der Waals surface area contributed by atoms with Gasteiger partial charge < -0.3 is 19.1 Å². The fraction of sp³-hybridized carbons (Fsp3) is 0.217. The quantitative estimate of drug-likeness (QED) is 0.237. The summed E-state index contributed by atoms with van der Waals surface area (Å²) in [7, 11) is 3.07. The number of aromatic amines is 1. The van der Waals surface area contributed by atoms with Gasteiger partial charge in [0.2, 0.25) is 5.95 Å². The van der Waals surface area contributed by atoms with Crippen molar-refractivity contribution in [2.24, 2.45) is 12.1 Å². The highest BCUT2D eigenvalue weighted by Crippen LogP contribution is 2.18. The van der Waals surface area contributed by atoms with Crippen LogP contribution in [0.15, 0.2) is 63.2 Å². The molecule has 0 aliphatic rings. The number of methoxy groups -OCH3 is 1. The summed E-state index contributed by atoms with van der Waals surface area (Å²) in [6.45, 7) is -0.106. The zero-order valence-corrected chi connectivity index (χ0v) is 19.7. The Kier molecular flexibility index (Phi) is 7.18. The molecule has 0 fully saturated rings. The molecule has 0 radical (unpaired) electrons. The van der Waals surface area contributed by atoms with Gasteiger partial charge in [0.15, 0.2) is 11.2 Å². The number of hydrogen-bond donors (Lipinski definition) is 3. The van der Waals surface area contributed by atoms with Gasteiger partial charge in [0, 0.05) is 12.1 Å². The highest BCUT2D eigenvalue weighted by molar-refractivity contribution is 6.30. The summed E-state index contributed by atoms with van der Waals surface area (Å²) in [5.41, 5.74) is 2.61. The number of fused-ring (bicyclic) bond motifs is 1. The highest BCUT2D eigenvalue weighted by atomic mass is 35.5. The largest absolute Gasteiger partial charge is 0.497 e. The lowest BCUT2D eigenvalue weighted by molar-refractivity contribution is 0.0938. The van der Waals surface area contributed by atoms with Gasteiger partial charge in [-0.2, -0.15) is 10.1 Å². The Morgan fingerprint density at radius 3 is 2.54 bits per heavy atom. The lowest BCUT2D eigenvalue weighted by Gasteiger charge is -2.15. The second-order valence-corrected chi connectivity index (χ2v) is 8.03. The van der Waals surface area contributed by atoms with Crippen LogP contribution < -0.4 is 26.1 Å². The molecule has 1 unspecified atom stereocenters. The molecule has 12 heteroatoms.